The van der Waals surface area contributed by atoms with Gasteiger partial charge in [-0.2, -0.15) is 0 Å². The van der Waals surface area contributed by atoms with E-state index in [1.54, 1.807) is 19.4 Å². The second-order valence-corrected chi connectivity index (χ2v) is 17.5. The number of allylic oxidation sites excluding steroid dienone is 1. The van der Waals surface area contributed by atoms with Crippen LogP contribution in [0, 0.1) is 5.82 Å². The van der Waals surface area contributed by atoms with E-state index in [0.29, 0.717) is 43.4 Å². The Bertz CT molecular complexity index is 1440. The number of ether oxygens (including phenoxy) is 3. The highest BCUT2D eigenvalue weighted by Crippen LogP contribution is 2.33. The maximum Gasteiger partial charge on any atom is 0.138 e. The quantitative estimate of drug-likeness (QED) is 0.0788. The van der Waals surface area contributed by atoms with E-state index in [4.69, 9.17) is 24.2 Å². The minimum atomic E-state index is -1.23. The van der Waals surface area contributed by atoms with Gasteiger partial charge in [0, 0.05) is 30.9 Å². The third kappa shape index (κ3) is 8.61. The van der Waals surface area contributed by atoms with Crippen molar-refractivity contribution in [3.8, 4) is 22.8 Å². The number of aromatic nitrogens is 3. The van der Waals surface area contributed by atoms with Crippen LogP contribution in [0.25, 0.3) is 11.3 Å². The number of hydrogen-bond acceptors (Lipinski definition) is 5. The fraction of sp³-hybridized carbons (Fsp3) is 0.312. The highest BCUT2D eigenvalue weighted by atomic mass is 79.9. The van der Waals surface area contributed by atoms with Crippen molar-refractivity contribution in [1.29, 1.82) is 0 Å². The topological polar surface area (TPSA) is 58.4 Å². The zero-order valence-corrected chi connectivity index (χ0v) is 26.7. The van der Waals surface area contributed by atoms with Gasteiger partial charge in [-0.05, 0) is 60.5 Å². The van der Waals surface area contributed by atoms with Gasteiger partial charge in [0.05, 0.1) is 30.6 Å². The molecule has 6 nitrogen and oxygen atoms in total. The number of hydrogen-bond donors (Lipinski definition) is 0. The normalized spacial score (nSPS) is 12.2. The Labute approximate surface area is 251 Å². The van der Waals surface area contributed by atoms with Crippen LogP contribution in [0.4, 0.5) is 4.39 Å². The lowest BCUT2D eigenvalue weighted by atomic mass is 9.99. The zero-order valence-electron chi connectivity index (χ0n) is 24.1. The molecule has 0 fully saturated rings. The second kappa shape index (κ2) is 14.1. The predicted molar refractivity (Wildman–Crippen MR) is 168 cm³/mol. The summed E-state index contributed by atoms with van der Waals surface area (Å²) in [5.41, 5.74) is 3.21. The molecule has 2 heterocycles. The van der Waals surface area contributed by atoms with E-state index >= 15 is 0 Å². The lowest BCUT2D eigenvalue weighted by molar-refractivity contribution is 0.0846. The van der Waals surface area contributed by atoms with Crippen LogP contribution in [0.3, 0.4) is 0 Å². The molecule has 9 heteroatoms. The van der Waals surface area contributed by atoms with Gasteiger partial charge in [-0.3, -0.25) is 4.98 Å². The number of rotatable bonds is 14. The Hall–Kier alpha value is -3.27. The van der Waals surface area contributed by atoms with Gasteiger partial charge in [0.1, 0.15) is 36.5 Å². The third-order valence-corrected chi connectivity index (χ3v) is 9.03. The summed E-state index contributed by atoms with van der Waals surface area (Å²) >= 11 is 3.55. The molecule has 0 amide bonds. The van der Waals surface area contributed by atoms with E-state index in [-0.39, 0.29) is 11.7 Å². The third-order valence-electron chi connectivity index (χ3n) is 6.63. The fourth-order valence-electron chi connectivity index (χ4n) is 4.27. The molecule has 0 bridgehead atoms. The summed E-state index contributed by atoms with van der Waals surface area (Å²) in [5.74, 6) is 1.76. The lowest BCUT2D eigenvalue weighted by Crippen LogP contribution is -2.22. The van der Waals surface area contributed by atoms with Crippen molar-refractivity contribution >= 4 is 24.0 Å². The highest BCUT2D eigenvalue weighted by molar-refractivity contribution is 9.10. The van der Waals surface area contributed by atoms with Crippen molar-refractivity contribution in [2.75, 3.05) is 13.7 Å². The fourth-order valence-corrected chi connectivity index (χ4v) is 5.48. The van der Waals surface area contributed by atoms with Crippen molar-refractivity contribution in [2.24, 2.45) is 0 Å². The van der Waals surface area contributed by atoms with E-state index in [0.717, 1.165) is 33.3 Å². The number of nitrogens with zero attached hydrogens (tertiary/aromatic N) is 3. The van der Waals surface area contributed by atoms with Crippen LogP contribution in [0.2, 0.25) is 25.7 Å². The number of benzene rings is 2. The molecule has 4 aromatic rings. The molecule has 0 aliphatic carbocycles. The van der Waals surface area contributed by atoms with Crippen molar-refractivity contribution < 1.29 is 18.6 Å². The van der Waals surface area contributed by atoms with Gasteiger partial charge in [-0.25, -0.2) is 9.37 Å². The monoisotopic (exact) mass is 637 g/mol. The van der Waals surface area contributed by atoms with Crippen molar-refractivity contribution in [1.82, 2.24) is 14.5 Å². The molecule has 0 aliphatic heterocycles. The van der Waals surface area contributed by atoms with E-state index < -0.39 is 8.07 Å². The Morgan fingerprint density at radius 1 is 1.07 bits per heavy atom. The first kappa shape index (κ1) is 30.7. The van der Waals surface area contributed by atoms with E-state index in [2.05, 4.69) is 42.1 Å². The van der Waals surface area contributed by atoms with Gasteiger partial charge >= 0.3 is 0 Å². The average molecular weight is 639 g/mol. The molecule has 0 saturated carbocycles. The summed E-state index contributed by atoms with van der Waals surface area (Å²) in [5, 5.41) is 0. The maximum atomic E-state index is 14.2. The number of halogens is 2. The van der Waals surface area contributed by atoms with Crippen LogP contribution < -0.4 is 9.47 Å². The van der Waals surface area contributed by atoms with Crippen LogP contribution in [-0.2, 0) is 18.1 Å². The largest absolute Gasteiger partial charge is 0.497 e. The summed E-state index contributed by atoms with van der Waals surface area (Å²) < 4.78 is 34.2. The summed E-state index contributed by atoms with van der Waals surface area (Å²) in [6.45, 7) is 12.4. The predicted octanol–water partition coefficient (Wildman–Crippen LogP) is 8.45. The van der Waals surface area contributed by atoms with Gasteiger partial charge in [0.2, 0.25) is 0 Å². The number of pyridine rings is 1. The minimum Gasteiger partial charge on any atom is -0.497 e. The Morgan fingerprint density at radius 3 is 2.49 bits per heavy atom. The van der Waals surface area contributed by atoms with Crippen molar-refractivity contribution in [3.05, 3.63) is 107 Å². The first-order valence-corrected chi connectivity index (χ1v) is 18.1. The molecule has 0 saturated heterocycles. The molecule has 216 valence electrons. The summed E-state index contributed by atoms with van der Waals surface area (Å²) in [7, 11) is 0.412. The molecular formula is C32H37BrFN3O3Si. The molecule has 0 spiro atoms. The van der Waals surface area contributed by atoms with Gasteiger partial charge in [-0.15, -0.1) is 6.58 Å². The van der Waals surface area contributed by atoms with Crippen LogP contribution in [0.1, 0.15) is 29.4 Å². The molecule has 4 rings (SSSR count). The van der Waals surface area contributed by atoms with Gasteiger partial charge in [0.15, 0.2) is 0 Å². The molecule has 41 heavy (non-hydrogen) atoms. The van der Waals surface area contributed by atoms with Gasteiger partial charge in [-0.1, -0.05) is 53.8 Å². The van der Waals surface area contributed by atoms with Crippen LogP contribution in [0.5, 0.6) is 11.5 Å². The van der Waals surface area contributed by atoms with Crippen LogP contribution in [-0.4, -0.2) is 36.3 Å². The van der Waals surface area contributed by atoms with Crippen LogP contribution in [0.15, 0.2) is 84.1 Å². The molecule has 2 aromatic carbocycles. The highest BCUT2D eigenvalue weighted by Gasteiger charge is 2.23. The molecule has 1 unspecified atom stereocenters. The average Bonchev–Trinajstić information content (AvgIpc) is 3.38. The summed E-state index contributed by atoms with van der Waals surface area (Å²) in [6, 6.07) is 17.3. The van der Waals surface area contributed by atoms with E-state index in [1.807, 2.05) is 53.2 Å². The number of methoxy groups -OCH3 is 1. The standard InChI is InChI=1S/C32H37BrFN3O3Si/c1-6-7-27(30-15-13-26(19-35-30)40-21-23-8-11-25(38-2)12-9-23)32-36-31(28-18-24(34)10-14-29(28)33)20-37(32)22-39-16-17-41(3,4)5/h6,8-15,18-20,27H,1,7,16-17,21-22H2,2-5H3. The first-order chi connectivity index (χ1) is 19.7. The van der Waals surface area contributed by atoms with E-state index in [1.165, 1.54) is 12.1 Å². The van der Waals surface area contributed by atoms with Crippen molar-refractivity contribution in [2.45, 2.75) is 51.4 Å². The number of imidazole rings is 1. The minimum absolute atomic E-state index is 0.176. The van der Waals surface area contributed by atoms with E-state index in [9.17, 15) is 4.39 Å². The zero-order chi connectivity index (χ0) is 29.4. The lowest BCUT2D eigenvalue weighted by Gasteiger charge is -2.19. The summed E-state index contributed by atoms with van der Waals surface area (Å²) in [6.07, 6.45) is 6.14. The molecule has 2 aromatic heterocycles. The smallest absolute Gasteiger partial charge is 0.138 e. The Morgan fingerprint density at radius 2 is 1.83 bits per heavy atom. The van der Waals surface area contributed by atoms with Gasteiger partial charge in [0.25, 0.3) is 0 Å². The molecule has 1 atom stereocenters. The molecule has 0 N–H and O–H groups in total. The maximum absolute atomic E-state index is 14.2. The van der Waals surface area contributed by atoms with Gasteiger partial charge < -0.3 is 18.8 Å². The first-order valence-electron chi connectivity index (χ1n) is 13.6. The SMILES string of the molecule is C=CCC(c1ccc(OCc2ccc(OC)cc2)cn1)c1nc(-c2cc(F)ccc2Br)cn1COCC[Si](C)(C)C. The van der Waals surface area contributed by atoms with Crippen molar-refractivity contribution in [3.63, 3.8) is 0 Å². The second-order valence-electron chi connectivity index (χ2n) is 11.1. The molecule has 0 aliphatic rings. The molecular weight excluding hydrogens is 601 g/mol. The Kier molecular flexibility index (Phi) is 10.5. The summed E-state index contributed by atoms with van der Waals surface area (Å²) in [4.78, 5) is 9.73. The Balaban J connectivity index is 1.59. The van der Waals surface area contributed by atoms with Crippen LogP contribution >= 0.6 is 15.9 Å². The molecule has 0 radical (unpaired) electrons.